The fourth-order valence-electron chi connectivity index (χ4n) is 4.02. The predicted octanol–water partition coefficient (Wildman–Crippen LogP) is 3.53. The van der Waals surface area contributed by atoms with Gasteiger partial charge in [-0.05, 0) is 55.2 Å². The Bertz CT molecular complexity index is 1210. The Hall–Kier alpha value is -3.68. The maximum atomic E-state index is 13.4. The number of carbonyl (C=O) groups excluding carboxylic acids is 2. The third kappa shape index (κ3) is 4.34. The summed E-state index contributed by atoms with van der Waals surface area (Å²) in [7, 11) is 0. The molecule has 1 aromatic heterocycles. The smallest absolute Gasteiger partial charge is 0.341 e. The van der Waals surface area contributed by atoms with E-state index in [0.29, 0.717) is 29.6 Å². The number of amides is 1. The second-order valence-corrected chi connectivity index (χ2v) is 7.69. The number of halogens is 1. The maximum absolute atomic E-state index is 13.4. The molecule has 2 aromatic carbocycles. The van der Waals surface area contributed by atoms with Crippen molar-refractivity contribution in [1.82, 2.24) is 4.57 Å². The predicted molar refractivity (Wildman–Crippen MR) is 118 cm³/mol. The Balaban J connectivity index is 2.39. The fraction of sp³-hybridized carbons (Fsp3) is 0.292. The van der Waals surface area contributed by atoms with Gasteiger partial charge in [0.25, 0.3) is 11.7 Å². The molecule has 0 atom stereocenters. The lowest BCUT2D eigenvalue weighted by molar-refractivity contribution is -0.139. The number of aromatic nitrogens is 1. The summed E-state index contributed by atoms with van der Waals surface area (Å²) >= 11 is 0. The summed E-state index contributed by atoms with van der Waals surface area (Å²) < 4.78 is 20.8. The van der Waals surface area contributed by atoms with E-state index in [0.717, 1.165) is 23.1 Å². The molecule has 0 radical (unpaired) electrons. The number of ketones is 1. The van der Waals surface area contributed by atoms with Crippen molar-refractivity contribution in [2.45, 2.75) is 40.2 Å². The molecule has 8 heteroatoms. The van der Waals surface area contributed by atoms with Crippen molar-refractivity contribution < 1.29 is 28.6 Å². The van der Waals surface area contributed by atoms with Gasteiger partial charge in [0.05, 0.1) is 16.5 Å². The number of aliphatic carboxylic acids is 1. The second-order valence-electron chi connectivity index (χ2n) is 7.69. The lowest BCUT2D eigenvalue weighted by Crippen LogP contribution is -2.24. The first kappa shape index (κ1) is 23.0. The molecule has 0 aliphatic carbocycles. The molecule has 3 rings (SSSR count). The molecule has 0 spiro atoms. The van der Waals surface area contributed by atoms with Gasteiger partial charge in [0, 0.05) is 12.2 Å². The van der Waals surface area contributed by atoms with Crippen LogP contribution >= 0.6 is 0 Å². The zero-order chi connectivity index (χ0) is 23.6. The number of fused-ring (bicyclic) bond motifs is 1. The van der Waals surface area contributed by atoms with Gasteiger partial charge < -0.3 is 20.1 Å². The van der Waals surface area contributed by atoms with Crippen molar-refractivity contribution >= 4 is 28.6 Å². The summed E-state index contributed by atoms with van der Waals surface area (Å²) in [5, 5.41) is 9.46. The first-order valence-corrected chi connectivity index (χ1v) is 10.2. The molecule has 0 bridgehead atoms. The summed E-state index contributed by atoms with van der Waals surface area (Å²) in [6.07, 6.45) is 1.52. The number of carboxylic acid groups (broad SMARTS) is 1. The quantitative estimate of drug-likeness (QED) is 0.391. The highest BCUT2D eigenvalue weighted by molar-refractivity contribution is 6.45. The van der Waals surface area contributed by atoms with Crippen LogP contribution in [-0.2, 0) is 22.6 Å². The van der Waals surface area contributed by atoms with Gasteiger partial charge in [0.2, 0.25) is 0 Å². The molecule has 0 aliphatic rings. The van der Waals surface area contributed by atoms with E-state index in [4.69, 9.17) is 15.6 Å². The fourth-order valence-corrected chi connectivity index (χ4v) is 4.02. The van der Waals surface area contributed by atoms with E-state index in [2.05, 4.69) is 0 Å². The van der Waals surface area contributed by atoms with E-state index in [9.17, 15) is 18.8 Å². The van der Waals surface area contributed by atoms with Gasteiger partial charge in [-0.1, -0.05) is 25.5 Å². The number of primary amides is 1. The van der Waals surface area contributed by atoms with Crippen LogP contribution in [0.25, 0.3) is 10.9 Å². The number of aryl methyl sites for hydroxylation is 2. The highest BCUT2D eigenvalue weighted by Gasteiger charge is 2.28. The van der Waals surface area contributed by atoms with Crippen LogP contribution in [0.3, 0.4) is 0 Å². The van der Waals surface area contributed by atoms with E-state index in [1.54, 1.807) is 25.1 Å². The number of nitrogens with zero attached hydrogens (tertiary/aromatic N) is 1. The van der Waals surface area contributed by atoms with Crippen molar-refractivity contribution in [2.75, 3.05) is 6.61 Å². The highest BCUT2D eigenvalue weighted by Crippen LogP contribution is 2.39. The van der Waals surface area contributed by atoms with E-state index in [1.165, 1.54) is 12.1 Å². The van der Waals surface area contributed by atoms with Crippen molar-refractivity contribution in [2.24, 2.45) is 5.73 Å². The summed E-state index contributed by atoms with van der Waals surface area (Å²) in [6, 6.07) is 7.69. The maximum Gasteiger partial charge on any atom is 0.341 e. The third-order valence-electron chi connectivity index (χ3n) is 5.44. The Labute approximate surface area is 184 Å². The van der Waals surface area contributed by atoms with Gasteiger partial charge in [0.15, 0.2) is 6.61 Å². The van der Waals surface area contributed by atoms with Crippen LogP contribution in [0.2, 0.25) is 0 Å². The number of carboxylic acids is 1. The normalized spacial score (nSPS) is 11.0. The monoisotopic (exact) mass is 440 g/mol. The van der Waals surface area contributed by atoms with Gasteiger partial charge in [0.1, 0.15) is 11.6 Å². The number of nitrogens with two attached hydrogens (primary N) is 1. The van der Waals surface area contributed by atoms with Crippen LogP contribution in [0.1, 0.15) is 46.1 Å². The molecule has 168 valence electrons. The highest BCUT2D eigenvalue weighted by atomic mass is 19.1. The molecule has 0 aliphatic heterocycles. The molecule has 0 saturated heterocycles. The summed E-state index contributed by atoms with van der Waals surface area (Å²) in [5.74, 6) is -3.32. The number of Topliss-reactive ketones (excluding diaryl/α,β-unsaturated/α-hetero) is 1. The molecule has 0 fully saturated rings. The van der Waals surface area contributed by atoms with E-state index < -0.39 is 24.3 Å². The van der Waals surface area contributed by atoms with Crippen LogP contribution in [0.15, 0.2) is 30.3 Å². The SMILES string of the molecule is CCCc1c(C)cc(OCC(=O)O)c2c(C(=O)C(N)=O)c(C)n(Cc3ccc(F)cc3)c12. The number of hydrogen-bond acceptors (Lipinski definition) is 4. The number of carbonyl (C=O) groups is 3. The topological polar surface area (TPSA) is 112 Å². The van der Waals surface area contributed by atoms with Gasteiger partial charge in [-0.3, -0.25) is 9.59 Å². The molecule has 0 unspecified atom stereocenters. The molecule has 32 heavy (non-hydrogen) atoms. The Morgan fingerprint density at radius 1 is 1.16 bits per heavy atom. The molecule has 1 amide bonds. The lowest BCUT2D eigenvalue weighted by atomic mass is 9.97. The summed E-state index contributed by atoms with van der Waals surface area (Å²) in [4.78, 5) is 35.8. The van der Waals surface area contributed by atoms with Gasteiger partial charge in [-0.2, -0.15) is 0 Å². The Kier molecular flexibility index (Phi) is 6.62. The molecule has 3 aromatic rings. The molecular formula is C24H25FN2O5. The number of hydrogen-bond donors (Lipinski definition) is 2. The van der Waals surface area contributed by atoms with Gasteiger partial charge in [-0.15, -0.1) is 0 Å². The third-order valence-corrected chi connectivity index (χ3v) is 5.44. The zero-order valence-corrected chi connectivity index (χ0v) is 18.2. The largest absolute Gasteiger partial charge is 0.481 e. The van der Waals surface area contributed by atoms with Crippen LogP contribution in [0.5, 0.6) is 5.75 Å². The molecular weight excluding hydrogens is 415 g/mol. The molecule has 0 saturated carbocycles. The van der Waals surface area contributed by atoms with E-state index in [-0.39, 0.29) is 17.1 Å². The minimum Gasteiger partial charge on any atom is -0.481 e. The van der Waals surface area contributed by atoms with Crippen LogP contribution in [0, 0.1) is 19.7 Å². The molecule has 3 N–H and O–H groups in total. The number of rotatable bonds is 9. The van der Waals surface area contributed by atoms with Gasteiger partial charge >= 0.3 is 5.97 Å². The number of ether oxygens (including phenoxy) is 1. The van der Waals surface area contributed by atoms with E-state index in [1.807, 2.05) is 18.4 Å². The zero-order valence-electron chi connectivity index (χ0n) is 18.2. The minimum atomic E-state index is -1.17. The van der Waals surface area contributed by atoms with Crippen LogP contribution < -0.4 is 10.5 Å². The Morgan fingerprint density at radius 3 is 2.38 bits per heavy atom. The van der Waals surface area contributed by atoms with Crippen molar-refractivity contribution in [3.8, 4) is 5.75 Å². The van der Waals surface area contributed by atoms with Crippen LogP contribution in [0.4, 0.5) is 4.39 Å². The first-order chi connectivity index (χ1) is 15.1. The summed E-state index contributed by atoms with van der Waals surface area (Å²) in [6.45, 7) is 5.32. The van der Waals surface area contributed by atoms with Crippen molar-refractivity contribution in [3.63, 3.8) is 0 Å². The standard InChI is InChI=1S/C24H25FN2O5/c1-4-5-17-13(2)10-18(32-12-19(28)29)21-20(23(30)24(26)31)14(3)27(22(17)21)11-15-6-8-16(25)9-7-15/h6-10H,4-5,11-12H2,1-3H3,(H2,26,31)(H,28,29). The minimum absolute atomic E-state index is 0.0901. The number of benzene rings is 2. The second kappa shape index (κ2) is 9.21. The average molecular weight is 440 g/mol. The van der Waals surface area contributed by atoms with E-state index >= 15 is 0 Å². The molecule has 7 nitrogen and oxygen atoms in total. The van der Waals surface area contributed by atoms with Crippen molar-refractivity contribution in [3.05, 3.63) is 64.1 Å². The Morgan fingerprint density at radius 2 is 1.81 bits per heavy atom. The van der Waals surface area contributed by atoms with Crippen molar-refractivity contribution in [1.29, 1.82) is 0 Å². The van der Waals surface area contributed by atoms with Crippen LogP contribution in [-0.4, -0.2) is 33.9 Å². The molecule has 1 heterocycles. The average Bonchev–Trinajstić information content (AvgIpc) is 3.02. The first-order valence-electron chi connectivity index (χ1n) is 10.2. The van der Waals surface area contributed by atoms with Gasteiger partial charge in [-0.25, -0.2) is 9.18 Å². The summed E-state index contributed by atoms with van der Waals surface area (Å²) in [5.41, 5.74) is 9.22. The lowest BCUT2D eigenvalue weighted by Gasteiger charge is -2.16.